The lowest BCUT2D eigenvalue weighted by molar-refractivity contribution is -0.0142. The number of hydrogen-bond acceptors (Lipinski definition) is 3. The van der Waals surface area contributed by atoms with Crippen LogP contribution >= 0.6 is 0 Å². The fourth-order valence-corrected chi connectivity index (χ4v) is 1.90. The smallest absolute Gasteiger partial charge is 0.0945 e. The first-order valence-electron chi connectivity index (χ1n) is 5.36. The molecule has 0 aliphatic carbocycles. The highest BCUT2D eigenvalue weighted by molar-refractivity contribution is 5.00. The van der Waals surface area contributed by atoms with Crippen molar-refractivity contribution in [2.45, 2.75) is 39.7 Å². The number of hydrogen-bond donors (Lipinski definition) is 2. The zero-order valence-corrected chi connectivity index (χ0v) is 9.45. The summed E-state index contributed by atoms with van der Waals surface area (Å²) in [5.74, 6) is 0.854. The van der Waals surface area contributed by atoms with Gasteiger partial charge >= 0.3 is 0 Å². The molecule has 0 amide bonds. The van der Waals surface area contributed by atoms with Gasteiger partial charge in [0, 0.05) is 18.5 Å². The molecule has 0 aromatic heterocycles. The van der Waals surface area contributed by atoms with Crippen molar-refractivity contribution < 1.29 is 5.11 Å². The molecular weight excluding hydrogens is 176 g/mol. The monoisotopic (exact) mass is 198 g/mol. The molecule has 1 atom stereocenters. The van der Waals surface area contributed by atoms with Crippen molar-refractivity contribution in [1.82, 2.24) is 4.90 Å². The Morgan fingerprint density at radius 3 is 2.79 bits per heavy atom. The zero-order valence-electron chi connectivity index (χ0n) is 9.45. The number of rotatable bonds is 2. The van der Waals surface area contributed by atoms with Gasteiger partial charge in [-0.3, -0.25) is 0 Å². The van der Waals surface area contributed by atoms with Gasteiger partial charge in [0.05, 0.1) is 11.9 Å². The third kappa shape index (κ3) is 2.41. The second kappa shape index (κ2) is 4.22. The van der Waals surface area contributed by atoms with E-state index in [0.717, 1.165) is 31.8 Å². The molecule has 0 spiro atoms. The van der Waals surface area contributed by atoms with E-state index >= 15 is 0 Å². The lowest BCUT2D eigenvalue weighted by atomic mass is 9.81. The summed E-state index contributed by atoms with van der Waals surface area (Å²) in [7, 11) is 0. The van der Waals surface area contributed by atoms with E-state index in [1.807, 2.05) is 6.08 Å². The van der Waals surface area contributed by atoms with E-state index in [2.05, 4.69) is 25.7 Å². The molecule has 0 aromatic carbocycles. The van der Waals surface area contributed by atoms with Crippen LogP contribution in [0, 0.1) is 5.41 Å². The number of nitrogens with zero attached hydrogens (tertiary/aromatic N) is 1. The molecule has 3 nitrogen and oxygen atoms in total. The lowest BCUT2D eigenvalue weighted by Gasteiger charge is -2.42. The Bertz CT molecular complexity index is 223. The van der Waals surface area contributed by atoms with Crippen molar-refractivity contribution in [3.63, 3.8) is 0 Å². The second-order valence-corrected chi connectivity index (χ2v) is 4.75. The Kier molecular flexibility index (Phi) is 3.43. The first-order valence-corrected chi connectivity index (χ1v) is 5.36. The lowest BCUT2D eigenvalue weighted by Crippen LogP contribution is -2.49. The average Bonchev–Trinajstić information content (AvgIpc) is 2.10. The van der Waals surface area contributed by atoms with Gasteiger partial charge in [0.2, 0.25) is 0 Å². The van der Waals surface area contributed by atoms with Gasteiger partial charge in [-0.05, 0) is 18.9 Å². The summed E-state index contributed by atoms with van der Waals surface area (Å²) in [6, 6.07) is 0. The van der Waals surface area contributed by atoms with Crippen LogP contribution in [0.5, 0.6) is 0 Å². The molecule has 1 rings (SSSR count). The molecule has 1 aliphatic rings. The van der Waals surface area contributed by atoms with Gasteiger partial charge in [-0.25, -0.2) is 0 Å². The number of likely N-dealkylation sites (tertiary alicyclic amines) is 1. The summed E-state index contributed by atoms with van der Waals surface area (Å²) in [5.41, 5.74) is 5.88. The van der Waals surface area contributed by atoms with Gasteiger partial charge in [0.1, 0.15) is 0 Å². The highest BCUT2D eigenvalue weighted by Crippen LogP contribution is 2.29. The number of nitrogens with two attached hydrogens (primary N) is 1. The van der Waals surface area contributed by atoms with Crippen LogP contribution in [0.4, 0.5) is 0 Å². The molecule has 0 bridgehead atoms. The summed E-state index contributed by atoms with van der Waals surface area (Å²) in [5, 5.41) is 9.78. The van der Waals surface area contributed by atoms with Crippen LogP contribution in [0.3, 0.4) is 0 Å². The molecule has 1 fully saturated rings. The number of allylic oxidation sites excluding steroid dienone is 1. The van der Waals surface area contributed by atoms with E-state index in [9.17, 15) is 5.11 Å². The maximum absolute atomic E-state index is 9.78. The molecule has 3 N–H and O–H groups in total. The molecule has 0 aromatic rings. The van der Waals surface area contributed by atoms with E-state index in [1.165, 1.54) is 0 Å². The fourth-order valence-electron chi connectivity index (χ4n) is 1.90. The fraction of sp³-hybridized carbons (Fsp3) is 0.818. The molecule has 14 heavy (non-hydrogen) atoms. The van der Waals surface area contributed by atoms with Gasteiger partial charge in [0.15, 0.2) is 0 Å². The van der Waals surface area contributed by atoms with Crippen molar-refractivity contribution >= 4 is 0 Å². The highest BCUT2D eigenvalue weighted by Gasteiger charge is 2.34. The molecule has 1 aliphatic heterocycles. The quantitative estimate of drug-likeness (QED) is 0.703. The minimum absolute atomic E-state index is 0.0511. The highest BCUT2D eigenvalue weighted by atomic mass is 16.3. The molecule has 1 heterocycles. The molecule has 82 valence electrons. The van der Waals surface area contributed by atoms with Crippen molar-refractivity contribution in [1.29, 1.82) is 0 Å². The predicted molar refractivity (Wildman–Crippen MR) is 58.5 cm³/mol. The Labute approximate surface area is 86.6 Å². The summed E-state index contributed by atoms with van der Waals surface area (Å²) in [6.07, 6.45) is 3.61. The van der Waals surface area contributed by atoms with Gasteiger partial charge in [-0.2, -0.15) is 0 Å². The summed E-state index contributed by atoms with van der Waals surface area (Å²) < 4.78 is 0. The van der Waals surface area contributed by atoms with Gasteiger partial charge in [0.25, 0.3) is 0 Å². The Morgan fingerprint density at radius 2 is 2.29 bits per heavy atom. The van der Waals surface area contributed by atoms with E-state index in [1.54, 1.807) is 0 Å². The molecule has 1 saturated heterocycles. The van der Waals surface area contributed by atoms with Crippen LogP contribution in [0.1, 0.15) is 33.6 Å². The van der Waals surface area contributed by atoms with Crippen LogP contribution in [-0.4, -0.2) is 29.2 Å². The van der Waals surface area contributed by atoms with Crippen molar-refractivity contribution in [3.05, 3.63) is 11.9 Å². The minimum Gasteiger partial charge on any atom is -0.392 e. The van der Waals surface area contributed by atoms with Crippen molar-refractivity contribution in [3.8, 4) is 0 Å². The van der Waals surface area contributed by atoms with Crippen molar-refractivity contribution in [2.24, 2.45) is 11.1 Å². The number of aliphatic hydroxyl groups is 1. The van der Waals surface area contributed by atoms with Gasteiger partial charge < -0.3 is 15.7 Å². The normalized spacial score (nSPS) is 27.9. The van der Waals surface area contributed by atoms with E-state index < -0.39 is 0 Å². The second-order valence-electron chi connectivity index (χ2n) is 4.75. The number of piperidine rings is 1. The Balaban J connectivity index is 2.64. The molecule has 3 heteroatoms. The Morgan fingerprint density at radius 1 is 1.64 bits per heavy atom. The van der Waals surface area contributed by atoms with E-state index in [-0.39, 0.29) is 11.5 Å². The van der Waals surface area contributed by atoms with Crippen LogP contribution in [0.25, 0.3) is 0 Å². The molecule has 0 radical (unpaired) electrons. The molecule has 1 unspecified atom stereocenters. The van der Waals surface area contributed by atoms with Gasteiger partial charge in [-0.15, -0.1) is 0 Å². The Hall–Kier alpha value is -0.700. The molecule has 0 saturated carbocycles. The summed E-state index contributed by atoms with van der Waals surface area (Å²) in [4.78, 5) is 2.16. The van der Waals surface area contributed by atoms with Crippen LogP contribution in [0.2, 0.25) is 0 Å². The van der Waals surface area contributed by atoms with E-state index in [0.29, 0.717) is 0 Å². The average molecular weight is 198 g/mol. The third-order valence-electron chi connectivity index (χ3n) is 2.95. The van der Waals surface area contributed by atoms with Crippen molar-refractivity contribution in [2.75, 3.05) is 13.1 Å². The number of aliphatic hydroxyl groups excluding tert-OH is 1. The maximum Gasteiger partial charge on any atom is 0.0945 e. The van der Waals surface area contributed by atoms with Gasteiger partial charge in [-0.1, -0.05) is 20.8 Å². The third-order valence-corrected chi connectivity index (χ3v) is 2.95. The first kappa shape index (κ1) is 11.4. The minimum atomic E-state index is -0.201. The summed E-state index contributed by atoms with van der Waals surface area (Å²) >= 11 is 0. The SMILES string of the molecule is CC/C=C(\N)N1CCC(O)C(C)(C)C1. The van der Waals surface area contributed by atoms with Crippen LogP contribution in [-0.2, 0) is 0 Å². The largest absolute Gasteiger partial charge is 0.392 e. The molecular formula is C11H22N2O. The first-order chi connectivity index (χ1) is 6.47. The van der Waals surface area contributed by atoms with E-state index in [4.69, 9.17) is 5.73 Å². The van der Waals surface area contributed by atoms with Crippen LogP contribution < -0.4 is 5.73 Å². The predicted octanol–water partition coefficient (Wildman–Crippen LogP) is 1.29. The maximum atomic E-state index is 9.78. The summed E-state index contributed by atoms with van der Waals surface area (Å²) in [6.45, 7) is 7.96. The standard InChI is InChI=1S/C11H22N2O/c1-4-5-10(12)13-7-6-9(14)11(2,3)8-13/h5,9,14H,4,6-8,12H2,1-3H3/b10-5+. The topological polar surface area (TPSA) is 49.5 Å². The van der Waals surface area contributed by atoms with Crippen LogP contribution in [0.15, 0.2) is 11.9 Å². The zero-order chi connectivity index (χ0) is 10.8.